The molecule has 0 amide bonds. The van der Waals surface area contributed by atoms with E-state index in [1.54, 1.807) is 0 Å². The summed E-state index contributed by atoms with van der Waals surface area (Å²) in [6, 6.07) is 0.766. The molecule has 1 aliphatic rings. The number of rotatable bonds is 7. The van der Waals surface area contributed by atoms with Gasteiger partial charge in [-0.1, -0.05) is 0 Å². The van der Waals surface area contributed by atoms with Gasteiger partial charge in [0.2, 0.25) is 0 Å². The summed E-state index contributed by atoms with van der Waals surface area (Å²) in [5, 5.41) is 13.4. The molecule has 4 nitrogen and oxygen atoms in total. The SMILES string of the molecule is Cc1nn(C)c(C)c1CN(CCCCO)C1CC1. The Kier molecular flexibility index (Phi) is 4.40. The Bertz CT molecular complexity index is 396. The Morgan fingerprint density at radius 1 is 1.33 bits per heavy atom. The molecule has 0 aliphatic heterocycles. The first kappa shape index (κ1) is 13.6. The van der Waals surface area contributed by atoms with E-state index in [-0.39, 0.29) is 0 Å². The summed E-state index contributed by atoms with van der Waals surface area (Å²) in [7, 11) is 2.01. The van der Waals surface area contributed by atoms with Crippen molar-refractivity contribution in [2.75, 3.05) is 13.2 Å². The van der Waals surface area contributed by atoms with Gasteiger partial charge in [-0.2, -0.15) is 5.10 Å². The monoisotopic (exact) mass is 251 g/mol. The first-order valence-electron chi connectivity index (χ1n) is 6.97. The normalized spacial score (nSPS) is 15.6. The van der Waals surface area contributed by atoms with Gasteiger partial charge in [-0.15, -0.1) is 0 Å². The summed E-state index contributed by atoms with van der Waals surface area (Å²) in [4.78, 5) is 2.56. The van der Waals surface area contributed by atoms with E-state index in [1.165, 1.54) is 24.1 Å². The molecule has 0 radical (unpaired) electrons. The number of unbranched alkanes of at least 4 members (excludes halogenated alkanes) is 1. The van der Waals surface area contributed by atoms with Crippen molar-refractivity contribution in [3.63, 3.8) is 0 Å². The van der Waals surface area contributed by atoms with Crippen LogP contribution in [0.3, 0.4) is 0 Å². The molecule has 0 unspecified atom stereocenters. The van der Waals surface area contributed by atoms with Gasteiger partial charge in [0, 0.05) is 37.5 Å². The lowest BCUT2D eigenvalue weighted by molar-refractivity contribution is 0.228. The van der Waals surface area contributed by atoms with Gasteiger partial charge in [0.05, 0.1) is 5.69 Å². The highest BCUT2D eigenvalue weighted by Crippen LogP contribution is 2.29. The highest BCUT2D eigenvalue weighted by atomic mass is 16.2. The van der Waals surface area contributed by atoms with Gasteiger partial charge in [-0.25, -0.2) is 0 Å². The van der Waals surface area contributed by atoms with E-state index in [9.17, 15) is 0 Å². The fourth-order valence-corrected chi connectivity index (χ4v) is 2.51. The Hall–Kier alpha value is -0.870. The lowest BCUT2D eigenvalue weighted by atomic mass is 10.1. The third-order valence-corrected chi connectivity index (χ3v) is 3.94. The standard InChI is InChI=1S/C14H25N3O/c1-11-14(12(2)16(3)15-11)10-17(13-6-7-13)8-4-5-9-18/h13,18H,4-10H2,1-3H3. The van der Waals surface area contributed by atoms with Crippen LogP contribution in [0.1, 0.15) is 42.6 Å². The maximum absolute atomic E-state index is 8.88. The lowest BCUT2D eigenvalue weighted by Gasteiger charge is -2.22. The van der Waals surface area contributed by atoms with Gasteiger partial charge in [-0.05, 0) is 46.1 Å². The van der Waals surface area contributed by atoms with Crippen molar-refractivity contribution in [2.24, 2.45) is 7.05 Å². The fraction of sp³-hybridized carbons (Fsp3) is 0.786. The van der Waals surface area contributed by atoms with Gasteiger partial charge in [0.25, 0.3) is 0 Å². The molecule has 1 saturated carbocycles. The Morgan fingerprint density at radius 2 is 2.06 bits per heavy atom. The zero-order valence-electron chi connectivity index (χ0n) is 11.8. The van der Waals surface area contributed by atoms with Crippen molar-refractivity contribution >= 4 is 0 Å². The minimum Gasteiger partial charge on any atom is -0.396 e. The molecular formula is C14H25N3O. The summed E-state index contributed by atoms with van der Waals surface area (Å²) in [5.41, 5.74) is 3.82. The highest BCUT2D eigenvalue weighted by molar-refractivity contribution is 5.24. The lowest BCUT2D eigenvalue weighted by Crippen LogP contribution is -2.27. The van der Waals surface area contributed by atoms with Crippen LogP contribution < -0.4 is 0 Å². The topological polar surface area (TPSA) is 41.3 Å². The quantitative estimate of drug-likeness (QED) is 0.751. The molecule has 18 heavy (non-hydrogen) atoms. The second-order valence-electron chi connectivity index (χ2n) is 5.41. The zero-order valence-corrected chi connectivity index (χ0v) is 11.8. The predicted molar refractivity (Wildman–Crippen MR) is 72.4 cm³/mol. The summed E-state index contributed by atoms with van der Waals surface area (Å²) in [5.74, 6) is 0. The van der Waals surface area contributed by atoms with Crippen LogP contribution in [0.15, 0.2) is 0 Å². The van der Waals surface area contributed by atoms with Crippen LogP contribution in [0, 0.1) is 13.8 Å². The van der Waals surface area contributed by atoms with Crippen LogP contribution in [-0.4, -0.2) is 39.0 Å². The molecule has 0 atom stereocenters. The predicted octanol–water partition coefficient (Wildman–Crippen LogP) is 1.77. The molecule has 1 aliphatic carbocycles. The van der Waals surface area contributed by atoms with Crippen molar-refractivity contribution < 1.29 is 5.11 Å². The molecule has 1 fully saturated rings. The maximum atomic E-state index is 8.88. The van der Waals surface area contributed by atoms with E-state index in [2.05, 4.69) is 23.8 Å². The van der Waals surface area contributed by atoms with Gasteiger partial charge in [0.1, 0.15) is 0 Å². The van der Waals surface area contributed by atoms with Crippen LogP contribution in [0.4, 0.5) is 0 Å². The van der Waals surface area contributed by atoms with Gasteiger partial charge in [-0.3, -0.25) is 9.58 Å². The Labute approximate surface area is 110 Å². The first-order valence-corrected chi connectivity index (χ1v) is 6.97. The van der Waals surface area contributed by atoms with E-state index < -0.39 is 0 Å². The third kappa shape index (κ3) is 3.12. The molecule has 2 rings (SSSR count). The van der Waals surface area contributed by atoms with Crippen molar-refractivity contribution in [1.82, 2.24) is 14.7 Å². The summed E-state index contributed by atoms with van der Waals surface area (Å²) in [6.45, 7) is 6.67. The molecule has 0 bridgehead atoms. The van der Waals surface area contributed by atoms with E-state index in [4.69, 9.17) is 5.11 Å². The summed E-state index contributed by atoms with van der Waals surface area (Å²) in [6.07, 6.45) is 4.66. The minimum atomic E-state index is 0.309. The Balaban J connectivity index is 1.99. The number of aromatic nitrogens is 2. The number of aryl methyl sites for hydroxylation is 2. The molecule has 1 aromatic rings. The molecule has 1 aromatic heterocycles. The van der Waals surface area contributed by atoms with Gasteiger partial charge < -0.3 is 5.11 Å². The second-order valence-corrected chi connectivity index (χ2v) is 5.41. The van der Waals surface area contributed by atoms with Gasteiger partial charge in [0.15, 0.2) is 0 Å². The number of aliphatic hydroxyl groups is 1. The van der Waals surface area contributed by atoms with Crippen molar-refractivity contribution in [1.29, 1.82) is 0 Å². The number of hydrogen-bond donors (Lipinski definition) is 1. The van der Waals surface area contributed by atoms with Crippen LogP contribution in [-0.2, 0) is 13.6 Å². The average molecular weight is 251 g/mol. The smallest absolute Gasteiger partial charge is 0.0641 e. The summed E-state index contributed by atoms with van der Waals surface area (Å²) < 4.78 is 1.98. The van der Waals surface area contributed by atoms with Crippen LogP contribution in [0.25, 0.3) is 0 Å². The van der Waals surface area contributed by atoms with E-state index >= 15 is 0 Å². The van der Waals surface area contributed by atoms with Crippen LogP contribution >= 0.6 is 0 Å². The number of hydrogen-bond acceptors (Lipinski definition) is 3. The molecule has 102 valence electrons. The maximum Gasteiger partial charge on any atom is 0.0641 e. The molecule has 0 aromatic carbocycles. The number of aliphatic hydroxyl groups excluding tert-OH is 1. The number of nitrogens with zero attached hydrogens (tertiary/aromatic N) is 3. The molecule has 1 N–H and O–H groups in total. The highest BCUT2D eigenvalue weighted by Gasteiger charge is 2.29. The van der Waals surface area contributed by atoms with Crippen LogP contribution in [0.5, 0.6) is 0 Å². The zero-order chi connectivity index (χ0) is 13.1. The molecule has 1 heterocycles. The molecule has 0 saturated heterocycles. The van der Waals surface area contributed by atoms with Crippen molar-refractivity contribution in [3.05, 3.63) is 17.0 Å². The van der Waals surface area contributed by atoms with Crippen LogP contribution in [0.2, 0.25) is 0 Å². The Morgan fingerprint density at radius 3 is 2.56 bits per heavy atom. The average Bonchev–Trinajstić information content (AvgIpc) is 3.13. The molecular weight excluding hydrogens is 226 g/mol. The largest absolute Gasteiger partial charge is 0.396 e. The van der Waals surface area contributed by atoms with E-state index in [0.29, 0.717) is 6.61 Å². The summed E-state index contributed by atoms with van der Waals surface area (Å²) >= 11 is 0. The molecule has 4 heteroatoms. The van der Waals surface area contributed by atoms with Crippen molar-refractivity contribution in [2.45, 2.75) is 52.1 Å². The van der Waals surface area contributed by atoms with Crippen molar-refractivity contribution in [3.8, 4) is 0 Å². The van der Waals surface area contributed by atoms with E-state index in [1.807, 2.05) is 11.7 Å². The first-order chi connectivity index (χ1) is 8.63. The third-order valence-electron chi connectivity index (χ3n) is 3.94. The fourth-order valence-electron chi connectivity index (χ4n) is 2.51. The van der Waals surface area contributed by atoms with E-state index in [0.717, 1.165) is 37.7 Å². The minimum absolute atomic E-state index is 0.309. The molecule has 0 spiro atoms. The second kappa shape index (κ2) is 5.85. The van der Waals surface area contributed by atoms with Gasteiger partial charge >= 0.3 is 0 Å².